The highest BCUT2D eigenvalue weighted by Crippen LogP contribution is 2.28. The number of amides is 1. The molecule has 1 aliphatic heterocycles. The average Bonchev–Trinajstić information content (AvgIpc) is 2.70. The van der Waals surface area contributed by atoms with E-state index in [1.54, 1.807) is 24.4 Å². The lowest BCUT2D eigenvalue weighted by atomic mass is 9.93. The fourth-order valence-electron chi connectivity index (χ4n) is 3.89. The first-order valence-corrected chi connectivity index (χ1v) is 11.4. The molecular weight excluding hydrogens is 390 g/mol. The summed E-state index contributed by atoms with van der Waals surface area (Å²) in [6.07, 6.45) is 5.78. The monoisotopic (exact) mass is 415 g/mol. The molecule has 1 amide bonds. The molecule has 8 heteroatoms. The second-order valence-corrected chi connectivity index (χ2v) is 9.38. The van der Waals surface area contributed by atoms with Gasteiger partial charge in [0.15, 0.2) is 0 Å². The van der Waals surface area contributed by atoms with Crippen molar-refractivity contribution in [1.29, 1.82) is 0 Å². The van der Waals surface area contributed by atoms with Crippen molar-refractivity contribution in [3.63, 3.8) is 0 Å². The van der Waals surface area contributed by atoms with Gasteiger partial charge < -0.3 is 10.1 Å². The van der Waals surface area contributed by atoms with E-state index in [9.17, 15) is 13.2 Å². The van der Waals surface area contributed by atoms with E-state index in [1.165, 1.54) is 0 Å². The molecule has 2 heterocycles. The number of ether oxygens (including phenoxy) is 1. The van der Waals surface area contributed by atoms with Crippen molar-refractivity contribution in [3.8, 4) is 5.75 Å². The second-order valence-electron chi connectivity index (χ2n) is 7.67. The van der Waals surface area contributed by atoms with E-state index in [1.807, 2.05) is 19.1 Å². The van der Waals surface area contributed by atoms with Crippen LogP contribution in [0.2, 0.25) is 0 Å². The predicted octanol–water partition coefficient (Wildman–Crippen LogP) is 2.94. The Balaban J connectivity index is 1.36. The van der Waals surface area contributed by atoms with Crippen molar-refractivity contribution in [2.75, 3.05) is 5.32 Å². The zero-order chi connectivity index (χ0) is 20.4. The van der Waals surface area contributed by atoms with E-state index >= 15 is 0 Å². The summed E-state index contributed by atoms with van der Waals surface area (Å²) in [7, 11) is -3.60. The van der Waals surface area contributed by atoms with Gasteiger partial charge in [-0.2, -0.15) is 0 Å². The van der Waals surface area contributed by atoms with Gasteiger partial charge in [-0.15, -0.1) is 0 Å². The number of carbonyl (C=O) groups excluding carboxylic acids is 1. The van der Waals surface area contributed by atoms with Crippen molar-refractivity contribution in [1.82, 2.24) is 9.71 Å². The summed E-state index contributed by atoms with van der Waals surface area (Å²) in [5, 5.41) is 2.78. The smallest absolute Gasteiger partial charge is 0.240 e. The van der Waals surface area contributed by atoms with Crippen LogP contribution in [0, 0.1) is 6.92 Å². The molecule has 0 atom stereocenters. The van der Waals surface area contributed by atoms with Crippen LogP contribution in [0.25, 0.3) is 0 Å². The van der Waals surface area contributed by atoms with Gasteiger partial charge in [0.25, 0.3) is 0 Å². The maximum Gasteiger partial charge on any atom is 0.240 e. The molecule has 29 heavy (non-hydrogen) atoms. The van der Waals surface area contributed by atoms with Gasteiger partial charge in [0.2, 0.25) is 15.9 Å². The van der Waals surface area contributed by atoms with Crippen LogP contribution >= 0.6 is 0 Å². The largest absolute Gasteiger partial charge is 0.489 e. The van der Waals surface area contributed by atoms with Gasteiger partial charge in [0.1, 0.15) is 5.75 Å². The number of hydrogen-bond acceptors (Lipinski definition) is 5. The number of aromatic nitrogens is 1. The van der Waals surface area contributed by atoms with Gasteiger partial charge in [-0.25, -0.2) is 13.1 Å². The van der Waals surface area contributed by atoms with E-state index in [2.05, 4.69) is 15.0 Å². The van der Waals surface area contributed by atoms with Gasteiger partial charge in [-0.05, 0) is 74.9 Å². The second kappa shape index (κ2) is 8.12. The van der Waals surface area contributed by atoms with Crippen LogP contribution in [0.1, 0.15) is 43.4 Å². The van der Waals surface area contributed by atoms with Crippen LogP contribution in [0.15, 0.2) is 41.4 Å². The Morgan fingerprint density at radius 2 is 1.93 bits per heavy atom. The zero-order valence-corrected chi connectivity index (χ0v) is 17.2. The van der Waals surface area contributed by atoms with Gasteiger partial charge in [0, 0.05) is 24.3 Å². The van der Waals surface area contributed by atoms with Crippen LogP contribution in [0.4, 0.5) is 5.69 Å². The SMILES string of the molecule is Cc1ncccc1OC1CCC(NS(=O)(=O)c2ccc3c(c2)CCC(=O)N3)CC1. The molecule has 4 rings (SSSR count). The minimum atomic E-state index is -3.60. The fraction of sp³-hybridized carbons (Fsp3) is 0.429. The molecule has 154 valence electrons. The molecule has 1 aromatic carbocycles. The lowest BCUT2D eigenvalue weighted by molar-refractivity contribution is -0.116. The number of nitrogens with zero attached hydrogens (tertiary/aromatic N) is 1. The molecule has 7 nitrogen and oxygen atoms in total. The summed E-state index contributed by atoms with van der Waals surface area (Å²) in [6, 6.07) is 8.54. The Kier molecular flexibility index (Phi) is 5.56. The first-order valence-electron chi connectivity index (χ1n) is 9.94. The molecule has 1 saturated carbocycles. The van der Waals surface area contributed by atoms with Crippen molar-refractivity contribution in [3.05, 3.63) is 47.8 Å². The Hall–Kier alpha value is -2.45. The number of hydrogen-bond donors (Lipinski definition) is 2. The van der Waals surface area contributed by atoms with Crippen LogP contribution in [0.3, 0.4) is 0 Å². The highest BCUT2D eigenvalue weighted by molar-refractivity contribution is 7.89. The predicted molar refractivity (Wildman–Crippen MR) is 109 cm³/mol. The summed E-state index contributed by atoms with van der Waals surface area (Å²) < 4.78 is 34.5. The number of pyridine rings is 1. The van der Waals surface area contributed by atoms with Crippen molar-refractivity contribution in [2.24, 2.45) is 0 Å². The van der Waals surface area contributed by atoms with Gasteiger partial charge >= 0.3 is 0 Å². The molecule has 0 unspecified atom stereocenters. The summed E-state index contributed by atoms with van der Waals surface area (Å²) in [5.74, 6) is 0.754. The third kappa shape index (κ3) is 4.59. The summed E-state index contributed by atoms with van der Waals surface area (Å²) in [5.41, 5.74) is 2.42. The molecule has 1 aliphatic carbocycles. The van der Waals surface area contributed by atoms with Crippen molar-refractivity contribution >= 4 is 21.6 Å². The minimum absolute atomic E-state index is 0.0355. The van der Waals surface area contributed by atoms with Crippen LogP contribution in [-0.2, 0) is 21.2 Å². The van der Waals surface area contributed by atoms with Crippen LogP contribution in [-0.4, -0.2) is 31.5 Å². The topological polar surface area (TPSA) is 97.4 Å². The average molecular weight is 416 g/mol. The molecule has 0 spiro atoms. The third-order valence-corrected chi connectivity index (χ3v) is 7.05. The van der Waals surface area contributed by atoms with E-state index in [4.69, 9.17) is 4.74 Å². The van der Waals surface area contributed by atoms with E-state index in [-0.39, 0.29) is 22.9 Å². The van der Waals surface area contributed by atoms with Crippen LogP contribution < -0.4 is 14.8 Å². The normalized spacial score (nSPS) is 21.9. The number of fused-ring (bicyclic) bond motifs is 1. The fourth-order valence-corrected chi connectivity index (χ4v) is 5.24. The number of rotatable bonds is 5. The quantitative estimate of drug-likeness (QED) is 0.783. The maximum atomic E-state index is 12.8. The number of anilines is 1. The molecule has 2 N–H and O–H groups in total. The number of benzene rings is 1. The highest BCUT2D eigenvalue weighted by atomic mass is 32.2. The lowest BCUT2D eigenvalue weighted by Gasteiger charge is -2.29. The highest BCUT2D eigenvalue weighted by Gasteiger charge is 2.27. The Morgan fingerprint density at radius 1 is 1.14 bits per heavy atom. The summed E-state index contributed by atoms with van der Waals surface area (Å²) >= 11 is 0. The zero-order valence-electron chi connectivity index (χ0n) is 16.3. The van der Waals surface area contributed by atoms with Crippen molar-refractivity contribution < 1.29 is 17.9 Å². The third-order valence-electron chi connectivity index (χ3n) is 5.53. The lowest BCUT2D eigenvalue weighted by Crippen LogP contribution is -2.39. The molecule has 1 fully saturated rings. The maximum absolute atomic E-state index is 12.8. The summed E-state index contributed by atoms with van der Waals surface area (Å²) in [6.45, 7) is 1.92. The molecule has 0 bridgehead atoms. The number of aryl methyl sites for hydroxylation is 2. The molecule has 2 aromatic rings. The number of sulfonamides is 1. The van der Waals surface area contributed by atoms with E-state index in [0.29, 0.717) is 18.5 Å². The summed E-state index contributed by atoms with van der Waals surface area (Å²) in [4.78, 5) is 16.0. The van der Waals surface area contributed by atoms with Gasteiger partial charge in [-0.3, -0.25) is 9.78 Å². The van der Waals surface area contributed by atoms with E-state index < -0.39 is 10.0 Å². The first kappa shape index (κ1) is 19.8. The van der Waals surface area contributed by atoms with Gasteiger partial charge in [-0.1, -0.05) is 0 Å². The van der Waals surface area contributed by atoms with Crippen LogP contribution in [0.5, 0.6) is 5.75 Å². The number of nitrogens with one attached hydrogen (secondary N) is 2. The molecular formula is C21H25N3O4S. The Labute approximate surface area is 170 Å². The number of carbonyl (C=O) groups is 1. The first-order chi connectivity index (χ1) is 13.9. The molecule has 0 saturated heterocycles. The van der Waals surface area contributed by atoms with Crippen molar-refractivity contribution in [2.45, 2.75) is 62.5 Å². The van der Waals surface area contributed by atoms with Gasteiger partial charge in [0.05, 0.1) is 16.7 Å². The minimum Gasteiger partial charge on any atom is -0.489 e. The molecule has 0 radical (unpaired) electrons. The Morgan fingerprint density at radius 3 is 2.69 bits per heavy atom. The standard InChI is InChI=1S/C21H25N3O4S/c1-14-20(3-2-12-22-14)28-17-7-5-16(6-8-17)24-29(26,27)18-9-10-19-15(13-18)4-11-21(25)23-19/h2-3,9-10,12-13,16-17,24H,4-8,11H2,1H3,(H,23,25). The molecule has 1 aromatic heterocycles. The van der Waals surface area contributed by atoms with E-state index in [0.717, 1.165) is 42.7 Å². The Bertz CT molecular complexity index is 1010. The molecule has 2 aliphatic rings.